The van der Waals surface area contributed by atoms with Crippen molar-refractivity contribution in [1.82, 2.24) is 15.1 Å². The van der Waals surface area contributed by atoms with E-state index in [1.807, 2.05) is 18.2 Å². The van der Waals surface area contributed by atoms with E-state index in [4.69, 9.17) is 4.74 Å². The van der Waals surface area contributed by atoms with E-state index in [2.05, 4.69) is 32.9 Å². The van der Waals surface area contributed by atoms with Gasteiger partial charge in [0.15, 0.2) is 0 Å². The second kappa shape index (κ2) is 9.30. The van der Waals surface area contributed by atoms with E-state index >= 15 is 0 Å². The highest BCUT2D eigenvalue weighted by Gasteiger charge is 2.27. The summed E-state index contributed by atoms with van der Waals surface area (Å²) in [4.78, 5) is 17.4. The first-order chi connectivity index (χ1) is 13.3. The third-order valence-electron chi connectivity index (χ3n) is 6.00. The molecule has 1 aromatic rings. The van der Waals surface area contributed by atoms with E-state index in [1.54, 1.807) is 0 Å². The number of piperidine rings is 1. The van der Waals surface area contributed by atoms with Gasteiger partial charge in [-0.2, -0.15) is 11.8 Å². The van der Waals surface area contributed by atoms with Crippen molar-refractivity contribution in [2.24, 2.45) is 0 Å². The highest BCUT2D eigenvalue weighted by atomic mass is 32.2. The molecule has 0 spiro atoms. The van der Waals surface area contributed by atoms with Crippen LogP contribution in [0.15, 0.2) is 24.3 Å². The van der Waals surface area contributed by atoms with Crippen molar-refractivity contribution in [3.63, 3.8) is 0 Å². The predicted molar refractivity (Wildman–Crippen MR) is 110 cm³/mol. The molecular weight excluding hydrogens is 358 g/mol. The number of likely N-dealkylation sites (tertiary alicyclic amines) is 1. The van der Waals surface area contributed by atoms with E-state index in [0.717, 1.165) is 50.8 Å². The lowest BCUT2D eigenvalue weighted by molar-refractivity contribution is -0.123. The first-order valence-electron chi connectivity index (χ1n) is 10.3. The summed E-state index contributed by atoms with van der Waals surface area (Å²) >= 11 is 2.09. The minimum Gasteiger partial charge on any atom is -0.492 e. The van der Waals surface area contributed by atoms with Gasteiger partial charge in [0.25, 0.3) is 0 Å². The monoisotopic (exact) mass is 389 g/mol. The first kappa shape index (κ1) is 19.1. The van der Waals surface area contributed by atoms with Gasteiger partial charge >= 0.3 is 0 Å². The van der Waals surface area contributed by atoms with Crippen molar-refractivity contribution >= 4 is 17.7 Å². The molecule has 0 radical (unpaired) electrons. The molecule has 3 heterocycles. The van der Waals surface area contributed by atoms with Gasteiger partial charge in [-0.05, 0) is 43.3 Å². The number of hydrogen-bond donors (Lipinski definition) is 1. The third kappa shape index (κ3) is 5.18. The van der Waals surface area contributed by atoms with Gasteiger partial charge in [-0.15, -0.1) is 0 Å². The van der Waals surface area contributed by atoms with Gasteiger partial charge < -0.3 is 15.0 Å². The number of carbonyl (C=O) groups is 1. The molecule has 0 atom stereocenters. The summed E-state index contributed by atoms with van der Waals surface area (Å²) < 4.78 is 5.80. The number of benzene rings is 1. The van der Waals surface area contributed by atoms with E-state index in [0.29, 0.717) is 19.2 Å². The molecule has 3 aliphatic rings. The topological polar surface area (TPSA) is 44.8 Å². The van der Waals surface area contributed by atoms with Crippen molar-refractivity contribution in [2.45, 2.75) is 44.3 Å². The average Bonchev–Trinajstić information content (AvgIpc) is 2.91. The normalized spacial score (nSPS) is 23.3. The summed E-state index contributed by atoms with van der Waals surface area (Å²) in [5.41, 5.74) is 1.17. The number of hydrogen-bond acceptors (Lipinski definition) is 5. The van der Waals surface area contributed by atoms with Crippen LogP contribution in [0.25, 0.3) is 0 Å². The molecule has 1 N–H and O–H groups in total. The molecule has 0 aromatic heterocycles. The lowest BCUT2D eigenvalue weighted by atomic mass is 10.0. The van der Waals surface area contributed by atoms with Crippen LogP contribution in [0.1, 0.15) is 31.2 Å². The van der Waals surface area contributed by atoms with Gasteiger partial charge in [0.1, 0.15) is 12.4 Å². The average molecular weight is 390 g/mol. The number of thioether (sulfide) groups is 1. The standard InChI is InChI=1S/C21H31N3O2S/c25-21(16-23-11-12-26-20-4-2-1-3-17(20)15-23)22-18-5-9-24(10-6-18)19-7-13-27-14-8-19/h1-4,18-19H,5-16H2,(H,22,25). The predicted octanol–water partition coefficient (Wildman–Crippen LogP) is 2.36. The Bertz CT molecular complexity index is 628. The Morgan fingerprint density at radius 2 is 1.89 bits per heavy atom. The molecule has 0 unspecified atom stereocenters. The molecule has 2 saturated heterocycles. The van der Waals surface area contributed by atoms with Crippen molar-refractivity contribution in [2.75, 3.05) is 44.3 Å². The van der Waals surface area contributed by atoms with E-state index in [9.17, 15) is 4.79 Å². The van der Waals surface area contributed by atoms with Gasteiger partial charge in [-0.3, -0.25) is 9.69 Å². The van der Waals surface area contributed by atoms with E-state index in [-0.39, 0.29) is 5.91 Å². The Hall–Kier alpha value is -1.24. The molecule has 3 aliphatic heterocycles. The van der Waals surface area contributed by atoms with Crippen LogP contribution in [0.3, 0.4) is 0 Å². The summed E-state index contributed by atoms with van der Waals surface area (Å²) in [5.74, 6) is 3.73. The van der Waals surface area contributed by atoms with Gasteiger partial charge in [0.05, 0.1) is 6.54 Å². The Kier molecular flexibility index (Phi) is 6.58. The minimum atomic E-state index is 0.155. The molecule has 0 saturated carbocycles. The second-order valence-corrected chi connectivity index (χ2v) is 9.11. The minimum absolute atomic E-state index is 0.155. The zero-order valence-electron chi connectivity index (χ0n) is 16.1. The Balaban J connectivity index is 1.22. The summed E-state index contributed by atoms with van der Waals surface area (Å²) in [7, 11) is 0. The van der Waals surface area contributed by atoms with Crippen LogP contribution < -0.4 is 10.1 Å². The SMILES string of the molecule is O=C(CN1CCOc2ccccc2C1)NC1CCN(C2CCSCC2)CC1. The number of para-hydroxylation sites is 1. The van der Waals surface area contributed by atoms with Gasteiger partial charge in [0, 0.05) is 43.8 Å². The van der Waals surface area contributed by atoms with E-state index < -0.39 is 0 Å². The van der Waals surface area contributed by atoms with Crippen LogP contribution in [0.5, 0.6) is 5.75 Å². The number of nitrogens with one attached hydrogen (secondary N) is 1. The molecule has 2 fully saturated rings. The molecule has 5 nitrogen and oxygen atoms in total. The van der Waals surface area contributed by atoms with Crippen molar-refractivity contribution < 1.29 is 9.53 Å². The zero-order chi connectivity index (χ0) is 18.5. The maximum Gasteiger partial charge on any atom is 0.234 e. The maximum atomic E-state index is 12.6. The maximum absolute atomic E-state index is 12.6. The fourth-order valence-electron chi connectivity index (χ4n) is 4.45. The number of carbonyl (C=O) groups excluding carboxylic acids is 1. The molecule has 27 heavy (non-hydrogen) atoms. The summed E-state index contributed by atoms with van der Waals surface area (Å²) in [6, 6.07) is 9.25. The molecule has 6 heteroatoms. The summed E-state index contributed by atoms with van der Waals surface area (Å²) in [6.45, 7) is 4.93. The third-order valence-corrected chi connectivity index (χ3v) is 7.05. The number of nitrogens with zero attached hydrogens (tertiary/aromatic N) is 2. The second-order valence-electron chi connectivity index (χ2n) is 7.89. The van der Waals surface area contributed by atoms with Gasteiger partial charge in [-0.1, -0.05) is 18.2 Å². The Morgan fingerprint density at radius 3 is 2.70 bits per heavy atom. The van der Waals surface area contributed by atoms with Crippen LogP contribution in [0.4, 0.5) is 0 Å². The van der Waals surface area contributed by atoms with Gasteiger partial charge in [0.2, 0.25) is 5.91 Å². The molecule has 4 rings (SSSR count). The number of rotatable bonds is 4. The molecule has 0 bridgehead atoms. The smallest absolute Gasteiger partial charge is 0.234 e. The fraction of sp³-hybridized carbons (Fsp3) is 0.667. The lowest BCUT2D eigenvalue weighted by Crippen LogP contribution is -2.50. The van der Waals surface area contributed by atoms with Crippen molar-refractivity contribution in [3.8, 4) is 5.75 Å². The van der Waals surface area contributed by atoms with Crippen LogP contribution >= 0.6 is 11.8 Å². The van der Waals surface area contributed by atoms with E-state index in [1.165, 1.54) is 29.9 Å². The van der Waals surface area contributed by atoms with Crippen LogP contribution in [-0.4, -0.2) is 72.1 Å². The quantitative estimate of drug-likeness (QED) is 0.857. The van der Waals surface area contributed by atoms with Crippen LogP contribution in [-0.2, 0) is 11.3 Å². The molecular formula is C21H31N3O2S. The molecule has 1 aromatic carbocycles. The zero-order valence-corrected chi connectivity index (χ0v) is 16.9. The van der Waals surface area contributed by atoms with Crippen LogP contribution in [0, 0.1) is 0 Å². The fourth-order valence-corrected chi connectivity index (χ4v) is 5.53. The van der Waals surface area contributed by atoms with Crippen molar-refractivity contribution in [1.29, 1.82) is 0 Å². The van der Waals surface area contributed by atoms with Crippen LogP contribution in [0.2, 0.25) is 0 Å². The highest BCUT2D eigenvalue weighted by Crippen LogP contribution is 2.25. The first-order valence-corrected chi connectivity index (χ1v) is 11.5. The summed E-state index contributed by atoms with van der Waals surface area (Å²) in [5, 5.41) is 3.28. The number of amides is 1. The number of fused-ring (bicyclic) bond motifs is 1. The van der Waals surface area contributed by atoms with Gasteiger partial charge in [-0.25, -0.2) is 0 Å². The Labute approximate surface area is 166 Å². The number of ether oxygens (including phenoxy) is 1. The molecule has 1 amide bonds. The molecule has 0 aliphatic carbocycles. The largest absolute Gasteiger partial charge is 0.492 e. The van der Waals surface area contributed by atoms with Crippen molar-refractivity contribution in [3.05, 3.63) is 29.8 Å². The highest BCUT2D eigenvalue weighted by molar-refractivity contribution is 7.99. The molecule has 148 valence electrons. The lowest BCUT2D eigenvalue weighted by Gasteiger charge is -2.39. The summed E-state index contributed by atoms with van der Waals surface area (Å²) in [6.07, 6.45) is 4.84. The Morgan fingerprint density at radius 1 is 1.11 bits per heavy atom.